The molecule has 0 amide bonds. The summed E-state index contributed by atoms with van der Waals surface area (Å²) in [7, 11) is -2.33. The van der Waals surface area contributed by atoms with Gasteiger partial charge in [-0.3, -0.25) is 4.79 Å². The molecule has 182 valence electrons. The van der Waals surface area contributed by atoms with Gasteiger partial charge in [-0.1, -0.05) is 13.5 Å². The van der Waals surface area contributed by atoms with Gasteiger partial charge in [0.25, 0.3) is 5.56 Å². The van der Waals surface area contributed by atoms with E-state index in [1.54, 1.807) is 4.57 Å². The maximum atomic E-state index is 13.6. The number of hydrogen-bond donors (Lipinski definition) is 2. The van der Waals surface area contributed by atoms with E-state index in [0.717, 1.165) is 27.7 Å². The predicted octanol–water partition coefficient (Wildman–Crippen LogP) is 3.54. The summed E-state index contributed by atoms with van der Waals surface area (Å²) in [6, 6.07) is 6.38. The Bertz CT molecular complexity index is 1490. The Kier molecular flexibility index (Phi) is 4.74. The minimum absolute atomic E-state index is 0.0832. The SMILES string of the molecule is C=C1OCc2c(cc3n(c2=O)Cc2c-3nc3cc4c(cc3c2CC[Si](C)(C)O)OCO4)[C@@]1(O)CC. The zero-order chi connectivity index (χ0) is 24.7. The van der Waals surface area contributed by atoms with Crippen LogP contribution < -0.4 is 15.0 Å². The van der Waals surface area contributed by atoms with Crippen molar-refractivity contribution in [2.45, 2.75) is 57.7 Å². The normalized spacial score (nSPS) is 20.0. The highest BCUT2D eigenvalue weighted by atomic mass is 28.4. The lowest BCUT2D eigenvalue weighted by molar-refractivity contribution is -0.0172. The largest absolute Gasteiger partial charge is 0.490 e. The van der Waals surface area contributed by atoms with Gasteiger partial charge in [0, 0.05) is 22.6 Å². The summed E-state index contributed by atoms with van der Waals surface area (Å²) in [5.41, 5.74) is 3.55. The zero-order valence-corrected chi connectivity index (χ0v) is 21.1. The molecule has 6 rings (SSSR count). The Morgan fingerprint density at radius 1 is 1.17 bits per heavy atom. The standard InChI is InChI=1S/C26H28N2O6Si/c1-5-26(30)14(2)32-12-18-19(26)9-21-24-17(11-28(21)25(18)29)15(6-7-35(3,4)31)16-8-22-23(34-13-33-22)10-20(16)27-24/h8-10,30-31H,2,5-7,11-13H2,1,3-4H3/t26-/m1/s1. The summed E-state index contributed by atoms with van der Waals surface area (Å²) in [4.78, 5) is 29.2. The molecule has 0 unspecified atom stereocenters. The van der Waals surface area contributed by atoms with Crippen LogP contribution in [0.3, 0.4) is 0 Å². The van der Waals surface area contributed by atoms with Gasteiger partial charge >= 0.3 is 0 Å². The van der Waals surface area contributed by atoms with Crippen LogP contribution in [0, 0.1) is 0 Å². The molecule has 0 saturated carbocycles. The maximum Gasteiger partial charge on any atom is 0.258 e. The second kappa shape index (κ2) is 7.43. The Morgan fingerprint density at radius 3 is 2.63 bits per heavy atom. The van der Waals surface area contributed by atoms with Crippen LogP contribution in [-0.2, 0) is 29.9 Å². The molecule has 1 atom stereocenters. The molecule has 1 aromatic carbocycles. The molecule has 3 aliphatic rings. The first-order valence-electron chi connectivity index (χ1n) is 11.9. The number of aliphatic hydroxyl groups is 1. The van der Waals surface area contributed by atoms with Gasteiger partial charge in [-0.2, -0.15) is 0 Å². The molecule has 35 heavy (non-hydrogen) atoms. The first-order valence-corrected chi connectivity index (χ1v) is 15.1. The van der Waals surface area contributed by atoms with Crippen molar-refractivity contribution in [2.75, 3.05) is 6.79 Å². The maximum absolute atomic E-state index is 13.6. The molecule has 0 radical (unpaired) electrons. The van der Waals surface area contributed by atoms with Crippen LogP contribution >= 0.6 is 0 Å². The second-order valence-electron chi connectivity index (χ2n) is 10.2. The van der Waals surface area contributed by atoms with Crippen molar-refractivity contribution in [3.05, 3.63) is 63.1 Å². The monoisotopic (exact) mass is 492 g/mol. The summed E-state index contributed by atoms with van der Waals surface area (Å²) in [5, 5.41) is 12.3. The number of aryl methyl sites for hydroxylation is 1. The van der Waals surface area contributed by atoms with E-state index in [1.807, 2.05) is 38.2 Å². The molecule has 0 fully saturated rings. The molecule has 5 heterocycles. The smallest absolute Gasteiger partial charge is 0.258 e. The number of benzene rings is 1. The molecular formula is C26H28N2O6Si. The third kappa shape index (κ3) is 3.25. The van der Waals surface area contributed by atoms with E-state index in [1.165, 1.54) is 0 Å². The van der Waals surface area contributed by atoms with Gasteiger partial charge in [-0.05, 0) is 49.7 Å². The topological polar surface area (TPSA) is 103 Å². The summed E-state index contributed by atoms with van der Waals surface area (Å²) in [6.07, 6.45) is 1.00. The number of pyridine rings is 2. The van der Waals surface area contributed by atoms with Gasteiger partial charge in [0.2, 0.25) is 6.79 Å². The van der Waals surface area contributed by atoms with Crippen LogP contribution in [-0.4, -0.2) is 34.6 Å². The van der Waals surface area contributed by atoms with Crippen molar-refractivity contribution in [1.82, 2.24) is 9.55 Å². The number of ether oxygens (including phenoxy) is 3. The van der Waals surface area contributed by atoms with Crippen molar-refractivity contribution < 1.29 is 24.1 Å². The lowest BCUT2D eigenvalue weighted by atomic mass is 9.84. The van der Waals surface area contributed by atoms with E-state index >= 15 is 0 Å². The zero-order valence-electron chi connectivity index (χ0n) is 20.1. The number of hydrogen-bond acceptors (Lipinski definition) is 7. The first kappa shape index (κ1) is 22.3. The van der Waals surface area contributed by atoms with E-state index < -0.39 is 13.9 Å². The van der Waals surface area contributed by atoms with Crippen LogP contribution in [0.4, 0.5) is 0 Å². The average Bonchev–Trinajstić information content (AvgIpc) is 3.42. The molecule has 0 aliphatic carbocycles. The lowest BCUT2D eigenvalue weighted by Gasteiger charge is -2.35. The van der Waals surface area contributed by atoms with Gasteiger partial charge in [0.05, 0.1) is 29.0 Å². The fourth-order valence-electron chi connectivity index (χ4n) is 5.38. The molecule has 2 aromatic heterocycles. The van der Waals surface area contributed by atoms with Gasteiger partial charge < -0.3 is 28.7 Å². The van der Waals surface area contributed by atoms with Crippen LogP contribution in [0.25, 0.3) is 22.3 Å². The summed E-state index contributed by atoms with van der Waals surface area (Å²) >= 11 is 0. The third-order valence-electron chi connectivity index (χ3n) is 7.45. The molecule has 9 heteroatoms. The van der Waals surface area contributed by atoms with Crippen LogP contribution in [0.1, 0.15) is 35.6 Å². The van der Waals surface area contributed by atoms with E-state index in [9.17, 15) is 14.7 Å². The number of aromatic nitrogens is 2. The van der Waals surface area contributed by atoms with Gasteiger partial charge in [-0.25, -0.2) is 4.98 Å². The highest BCUT2D eigenvalue weighted by molar-refractivity contribution is 6.69. The molecule has 0 spiro atoms. The van der Waals surface area contributed by atoms with E-state index in [2.05, 4.69) is 6.58 Å². The molecular weight excluding hydrogens is 464 g/mol. The summed E-state index contributed by atoms with van der Waals surface area (Å²) < 4.78 is 18.5. The number of nitrogens with zero attached hydrogens (tertiary/aromatic N) is 2. The lowest BCUT2D eigenvalue weighted by Crippen LogP contribution is -2.38. The van der Waals surface area contributed by atoms with E-state index in [-0.39, 0.29) is 24.7 Å². The molecule has 3 aromatic rings. The quantitative estimate of drug-likeness (QED) is 0.420. The molecule has 0 bridgehead atoms. The predicted molar refractivity (Wildman–Crippen MR) is 133 cm³/mol. The van der Waals surface area contributed by atoms with E-state index in [4.69, 9.17) is 19.2 Å². The number of rotatable bonds is 4. The molecule has 3 aliphatic heterocycles. The molecule has 2 N–H and O–H groups in total. The van der Waals surface area contributed by atoms with Crippen LogP contribution in [0.15, 0.2) is 35.3 Å². The van der Waals surface area contributed by atoms with Crippen molar-refractivity contribution in [1.29, 1.82) is 0 Å². The van der Waals surface area contributed by atoms with Crippen molar-refractivity contribution in [3.8, 4) is 22.9 Å². The average molecular weight is 493 g/mol. The molecule has 8 nitrogen and oxygen atoms in total. The second-order valence-corrected chi connectivity index (χ2v) is 14.3. The van der Waals surface area contributed by atoms with Gasteiger partial charge in [0.15, 0.2) is 19.8 Å². The summed E-state index contributed by atoms with van der Waals surface area (Å²) in [6.45, 7) is 10.2. The summed E-state index contributed by atoms with van der Waals surface area (Å²) in [5.74, 6) is 1.57. The van der Waals surface area contributed by atoms with Gasteiger partial charge in [-0.15, -0.1) is 0 Å². The van der Waals surface area contributed by atoms with Crippen molar-refractivity contribution in [2.24, 2.45) is 0 Å². The van der Waals surface area contributed by atoms with Crippen molar-refractivity contribution in [3.63, 3.8) is 0 Å². The van der Waals surface area contributed by atoms with Crippen LogP contribution in [0.2, 0.25) is 19.1 Å². The third-order valence-corrected chi connectivity index (χ3v) is 8.93. The highest BCUT2D eigenvalue weighted by Gasteiger charge is 2.41. The van der Waals surface area contributed by atoms with E-state index in [0.29, 0.717) is 53.8 Å². The fourth-order valence-corrected chi connectivity index (χ4v) is 6.24. The molecule has 0 saturated heterocycles. The Balaban J connectivity index is 1.61. The Hall–Kier alpha value is -3.14. The minimum Gasteiger partial charge on any atom is -0.490 e. The minimum atomic E-state index is -2.33. The fraction of sp³-hybridized carbons (Fsp3) is 0.385. The highest BCUT2D eigenvalue weighted by Crippen LogP contribution is 2.44. The van der Waals surface area contributed by atoms with Crippen molar-refractivity contribution >= 4 is 19.2 Å². The van der Waals surface area contributed by atoms with Gasteiger partial charge in [0.1, 0.15) is 18.0 Å². The van der Waals surface area contributed by atoms with Crippen LogP contribution in [0.5, 0.6) is 11.5 Å². The first-order chi connectivity index (χ1) is 16.6. The Morgan fingerprint density at radius 2 is 1.91 bits per heavy atom. The Labute approximate surface area is 203 Å². The number of fused-ring (bicyclic) bond motifs is 6.